The third-order valence-electron chi connectivity index (χ3n) is 8.47. The monoisotopic (exact) mass is 555 g/mol. The first kappa shape index (κ1) is 24.8. The predicted molar refractivity (Wildman–Crippen MR) is 142 cm³/mol. The first-order chi connectivity index (χ1) is 18.6. The third-order valence-corrected chi connectivity index (χ3v) is 9.86. The van der Waals surface area contributed by atoms with Crippen LogP contribution in [0.3, 0.4) is 0 Å². The van der Waals surface area contributed by atoms with Crippen LogP contribution in [0, 0.1) is 11.2 Å². The summed E-state index contributed by atoms with van der Waals surface area (Å²) in [6.07, 6.45) is 2.23. The van der Waals surface area contributed by atoms with E-state index in [0.29, 0.717) is 26.6 Å². The zero-order chi connectivity index (χ0) is 27.2. The van der Waals surface area contributed by atoms with Crippen LogP contribution in [0.2, 0.25) is 0 Å². The van der Waals surface area contributed by atoms with Crippen molar-refractivity contribution in [1.82, 2.24) is 24.8 Å². The van der Waals surface area contributed by atoms with E-state index in [4.69, 9.17) is 0 Å². The summed E-state index contributed by atoms with van der Waals surface area (Å²) in [5.41, 5.74) is 1.04. The number of amides is 1. The molecule has 12 heteroatoms. The molecule has 0 radical (unpaired) electrons. The summed E-state index contributed by atoms with van der Waals surface area (Å²) < 4.78 is 42.7. The Morgan fingerprint density at radius 1 is 1.08 bits per heavy atom. The lowest BCUT2D eigenvalue weighted by atomic mass is 9.62. The molecule has 1 aliphatic carbocycles. The standard InChI is InChI=1S/C27H28F3N7OS/c1-3-36-11-25(12-36)13-37(14-25)16-4-5-20(31-7-16)33-24-32-8-18(28)21(34-24)19-6-17-22(39-19)26(9-27(29,30)10-26)15-35(2)23(17)38/h4-8H,3,9-15H2,1-2H3,(H,31,32,33,34). The predicted octanol–water partition coefficient (Wildman–Crippen LogP) is 4.38. The van der Waals surface area contributed by atoms with Crippen LogP contribution < -0.4 is 10.2 Å². The lowest BCUT2D eigenvalue weighted by Crippen LogP contribution is -2.72. The molecule has 204 valence electrons. The van der Waals surface area contributed by atoms with Gasteiger partial charge in [-0.2, -0.15) is 0 Å². The van der Waals surface area contributed by atoms with E-state index in [1.54, 1.807) is 19.3 Å². The van der Waals surface area contributed by atoms with Crippen molar-refractivity contribution < 1.29 is 18.0 Å². The van der Waals surface area contributed by atoms with Gasteiger partial charge in [-0.1, -0.05) is 6.92 Å². The number of likely N-dealkylation sites (tertiary alicyclic amines) is 1. The quantitative estimate of drug-likeness (QED) is 0.501. The van der Waals surface area contributed by atoms with Gasteiger partial charge < -0.3 is 20.0 Å². The zero-order valence-electron chi connectivity index (χ0n) is 21.7. The summed E-state index contributed by atoms with van der Waals surface area (Å²) in [4.78, 5) is 33.0. The van der Waals surface area contributed by atoms with Gasteiger partial charge in [0.2, 0.25) is 11.9 Å². The molecule has 1 saturated carbocycles. The Morgan fingerprint density at radius 3 is 2.51 bits per heavy atom. The molecule has 3 aromatic rings. The highest BCUT2D eigenvalue weighted by atomic mass is 32.1. The van der Waals surface area contributed by atoms with Gasteiger partial charge in [-0.25, -0.2) is 28.1 Å². The number of fused-ring (bicyclic) bond motifs is 2. The molecule has 0 bridgehead atoms. The fourth-order valence-corrected chi connectivity index (χ4v) is 8.03. The maximum atomic E-state index is 14.9. The number of carbonyl (C=O) groups is 1. The topological polar surface area (TPSA) is 77.5 Å². The number of likely N-dealkylation sites (N-methyl/N-ethyl adjacent to an activating group) is 1. The average Bonchev–Trinajstić information content (AvgIpc) is 3.28. The van der Waals surface area contributed by atoms with Crippen molar-refractivity contribution in [2.24, 2.45) is 5.41 Å². The van der Waals surface area contributed by atoms with Crippen LogP contribution in [-0.2, 0) is 5.41 Å². The minimum Gasteiger partial charge on any atom is -0.369 e. The molecule has 1 amide bonds. The fraction of sp³-hybridized carbons (Fsp3) is 0.481. The van der Waals surface area contributed by atoms with Crippen LogP contribution in [0.15, 0.2) is 30.6 Å². The molecule has 0 aromatic carbocycles. The molecule has 39 heavy (non-hydrogen) atoms. The van der Waals surface area contributed by atoms with E-state index in [1.165, 1.54) is 16.2 Å². The van der Waals surface area contributed by atoms with Gasteiger partial charge in [-0.05, 0) is 24.7 Å². The molecule has 1 N–H and O–H groups in total. The molecular formula is C27H28F3N7OS. The van der Waals surface area contributed by atoms with Gasteiger partial charge >= 0.3 is 0 Å². The second-order valence-electron chi connectivity index (χ2n) is 11.6. The van der Waals surface area contributed by atoms with Crippen LogP contribution in [0.4, 0.5) is 30.6 Å². The molecule has 2 spiro atoms. The van der Waals surface area contributed by atoms with E-state index < -0.39 is 17.2 Å². The lowest BCUT2D eigenvalue weighted by molar-refractivity contribution is -0.131. The van der Waals surface area contributed by atoms with Crippen LogP contribution in [0.25, 0.3) is 10.6 Å². The summed E-state index contributed by atoms with van der Waals surface area (Å²) in [5, 5.41) is 3.03. The summed E-state index contributed by atoms with van der Waals surface area (Å²) in [5.74, 6) is -2.99. The number of aromatic nitrogens is 3. The second kappa shape index (κ2) is 8.37. The van der Waals surface area contributed by atoms with Gasteiger partial charge in [-0.3, -0.25) is 4.79 Å². The highest BCUT2D eigenvalue weighted by molar-refractivity contribution is 7.16. The molecule has 7 rings (SSSR count). The smallest absolute Gasteiger partial charge is 0.254 e. The van der Waals surface area contributed by atoms with Crippen molar-refractivity contribution in [1.29, 1.82) is 0 Å². The summed E-state index contributed by atoms with van der Waals surface area (Å²) >= 11 is 1.17. The maximum Gasteiger partial charge on any atom is 0.254 e. The minimum absolute atomic E-state index is 0.0210. The van der Waals surface area contributed by atoms with Gasteiger partial charge in [0.05, 0.1) is 28.5 Å². The molecule has 6 heterocycles. The number of carbonyl (C=O) groups excluding carboxylic acids is 1. The van der Waals surface area contributed by atoms with Crippen molar-refractivity contribution in [2.45, 2.75) is 31.1 Å². The minimum atomic E-state index is -2.76. The highest BCUT2D eigenvalue weighted by Gasteiger charge is 2.61. The van der Waals surface area contributed by atoms with Crippen molar-refractivity contribution in [3.05, 3.63) is 46.9 Å². The normalized spacial score (nSPS) is 22.3. The Labute approximate surface area is 227 Å². The van der Waals surface area contributed by atoms with Crippen molar-refractivity contribution >= 4 is 34.7 Å². The van der Waals surface area contributed by atoms with Crippen molar-refractivity contribution in [2.75, 3.05) is 56.5 Å². The number of hydrogen-bond donors (Lipinski definition) is 1. The largest absolute Gasteiger partial charge is 0.369 e. The van der Waals surface area contributed by atoms with Crippen LogP contribution in [0.5, 0.6) is 0 Å². The average molecular weight is 556 g/mol. The molecule has 3 fully saturated rings. The summed E-state index contributed by atoms with van der Waals surface area (Å²) in [6.45, 7) is 7.89. The number of hydrogen-bond acceptors (Lipinski definition) is 8. The van der Waals surface area contributed by atoms with E-state index in [2.05, 4.69) is 37.0 Å². The maximum absolute atomic E-state index is 14.9. The number of halogens is 3. The number of nitrogens with one attached hydrogen (secondary N) is 1. The Bertz CT molecular complexity index is 1450. The van der Waals surface area contributed by atoms with E-state index in [9.17, 15) is 18.0 Å². The van der Waals surface area contributed by atoms with Gasteiger partial charge in [-0.15, -0.1) is 11.3 Å². The molecule has 0 unspecified atom stereocenters. The van der Waals surface area contributed by atoms with Gasteiger partial charge in [0.25, 0.3) is 5.91 Å². The van der Waals surface area contributed by atoms with Crippen LogP contribution in [-0.4, -0.2) is 82.9 Å². The number of alkyl halides is 2. The zero-order valence-corrected chi connectivity index (χ0v) is 22.5. The number of rotatable bonds is 5. The second-order valence-corrected chi connectivity index (χ2v) is 12.6. The summed E-state index contributed by atoms with van der Waals surface area (Å²) in [7, 11) is 1.61. The Morgan fingerprint density at radius 2 is 1.85 bits per heavy atom. The van der Waals surface area contributed by atoms with Crippen LogP contribution >= 0.6 is 11.3 Å². The van der Waals surface area contributed by atoms with Gasteiger partial charge in [0.15, 0.2) is 5.82 Å². The fourth-order valence-electron chi connectivity index (χ4n) is 6.71. The third kappa shape index (κ3) is 3.98. The number of nitrogens with zero attached hydrogens (tertiary/aromatic N) is 6. The first-order valence-electron chi connectivity index (χ1n) is 13.1. The van der Waals surface area contributed by atoms with E-state index in [-0.39, 0.29) is 36.9 Å². The Kier molecular flexibility index (Phi) is 5.32. The van der Waals surface area contributed by atoms with Crippen molar-refractivity contribution in [3.63, 3.8) is 0 Å². The Balaban J connectivity index is 1.09. The molecule has 0 atom stereocenters. The lowest BCUT2D eigenvalue weighted by Gasteiger charge is -2.61. The summed E-state index contributed by atoms with van der Waals surface area (Å²) in [6, 6.07) is 5.40. The molecule has 2 saturated heterocycles. The van der Waals surface area contributed by atoms with Crippen molar-refractivity contribution in [3.8, 4) is 10.6 Å². The number of anilines is 3. The molecule has 4 aliphatic rings. The molecule has 8 nitrogen and oxygen atoms in total. The Hall–Kier alpha value is -3.25. The van der Waals surface area contributed by atoms with E-state index in [0.717, 1.165) is 44.6 Å². The highest BCUT2D eigenvalue weighted by Crippen LogP contribution is 2.58. The van der Waals surface area contributed by atoms with Gasteiger partial charge in [0.1, 0.15) is 11.5 Å². The van der Waals surface area contributed by atoms with Gasteiger partial charge in [0, 0.05) is 68.3 Å². The van der Waals surface area contributed by atoms with Crippen LogP contribution in [0.1, 0.15) is 35.0 Å². The first-order valence-corrected chi connectivity index (χ1v) is 13.9. The van der Waals surface area contributed by atoms with E-state index >= 15 is 0 Å². The molecule has 3 aromatic heterocycles. The number of pyridine rings is 1. The SMILES string of the molecule is CCN1CC2(C1)CN(c1ccc(Nc3ncc(F)c(-c4cc5c(s4)C4(CN(C)C5=O)CC(F)(F)C4)n3)nc1)C2. The molecular weight excluding hydrogens is 527 g/mol. The molecule has 3 aliphatic heterocycles. The number of thiophene rings is 1. The van der Waals surface area contributed by atoms with E-state index in [1.807, 2.05) is 12.1 Å².